The second kappa shape index (κ2) is 3.14. The lowest BCUT2D eigenvalue weighted by Gasteiger charge is -2.05. The Morgan fingerprint density at radius 3 is 2.93 bits per heavy atom. The third-order valence-corrected chi connectivity index (χ3v) is 2.20. The van der Waals surface area contributed by atoms with E-state index in [-0.39, 0.29) is 5.91 Å². The standard InChI is InChI=1S/C10H9NO3/c1-14-8-2-6-4-9(13)11-10(6)7(3-8)5-12/h2-3,5H,4H2,1H3,(H,11,13). The summed E-state index contributed by atoms with van der Waals surface area (Å²) >= 11 is 0. The van der Waals surface area contributed by atoms with Gasteiger partial charge in [-0.25, -0.2) is 0 Å². The number of amides is 1. The molecule has 1 aromatic rings. The maximum atomic E-state index is 11.1. The zero-order valence-corrected chi connectivity index (χ0v) is 7.66. The highest BCUT2D eigenvalue weighted by Gasteiger charge is 2.21. The van der Waals surface area contributed by atoms with Gasteiger partial charge in [-0.2, -0.15) is 0 Å². The number of benzene rings is 1. The molecular weight excluding hydrogens is 182 g/mol. The molecular formula is C10H9NO3. The van der Waals surface area contributed by atoms with Crippen molar-refractivity contribution in [2.75, 3.05) is 12.4 Å². The van der Waals surface area contributed by atoms with E-state index in [9.17, 15) is 9.59 Å². The summed E-state index contributed by atoms with van der Waals surface area (Å²) in [7, 11) is 1.53. The average Bonchev–Trinajstić information content (AvgIpc) is 2.56. The summed E-state index contributed by atoms with van der Waals surface area (Å²) in [5.74, 6) is 0.513. The number of hydrogen-bond acceptors (Lipinski definition) is 3. The molecule has 0 saturated heterocycles. The Labute approximate surface area is 80.9 Å². The first kappa shape index (κ1) is 8.74. The molecule has 4 heteroatoms. The Morgan fingerprint density at radius 2 is 2.29 bits per heavy atom. The van der Waals surface area contributed by atoms with Crippen molar-refractivity contribution < 1.29 is 14.3 Å². The molecule has 14 heavy (non-hydrogen) atoms. The number of anilines is 1. The van der Waals surface area contributed by atoms with Crippen LogP contribution in [0.5, 0.6) is 5.75 Å². The minimum absolute atomic E-state index is 0.0867. The quantitative estimate of drug-likeness (QED) is 0.709. The van der Waals surface area contributed by atoms with Crippen molar-refractivity contribution in [1.29, 1.82) is 0 Å². The lowest BCUT2D eigenvalue weighted by Crippen LogP contribution is -2.04. The number of rotatable bonds is 2. The molecule has 0 aliphatic carbocycles. The van der Waals surface area contributed by atoms with Crippen LogP contribution < -0.4 is 10.1 Å². The maximum Gasteiger partial charge on any atom is 0.228 e. The number of carbonyl (C=O) groups is 2. The van der Waals surface area contributed by atoms with Crippen LogP contribution in [0.15, 0.2) is 12.1 Å². The Balaban J connectivity index is 2.57. The largest absolute Gasteiger partial charge is 0.497 e. The first-order valence-corrected chi connectivity index (χ1v) is 4.20. The molecule has 1 aliphatic heterocycles. The fourth-order valence-electron chi connectivity index (χ4n) is 1.56. The summed E-state index contributed by atoms with van der Waals surface area (Å²) < 4.78 is 5.02. The number of nitrogens with one attached hydrogen (secondary N) is 1. The van der Waals surface area contributed by atoms with Gasteiger partial charge in [0.1, 0.15) is 5.75 Å². The van der Waals surface area contributed by atoms with Crippen LogP contribution in [0, 0.1) is 0 Å². The van der Waals surface area contributed by atoms with Crippen molar-refractivity contribution >= 4 is 17.9 Å². The molecule has 1 N–H and O–H groups in total. The number of fused-ring (bicyclic) bond motifs is 1. The van der Waals surface area contributed by atoms with Crippen molar-refractivity contribution in [2.45, 2.75) is 6.42 Å². The first-order valence-electron chi connectivity index (χ1n) is 4.20. The van der Waals surface area contributed by atoms with Crippen LogP contribution in [0.3, 0.4) is 0 Å². The van der Waals surface area contributed by atoms with E-state index in [4.69, 9.17) is 4.74 Å². The summed E-state index contributed by atoms with van der Waals surface area (Å²) in [6.07, 6.45) is 1.03. The topological polar surface area (TPSA) is 55.4 Å². The van der Waals surface area contributed by atoms with E-state index in [1.54, 1.807) is 12.1 Å². The summed E-state index contributed by atoms with van der Waals surface area (Å²) in [6.45, 7) is 0. The second-order valence-electron chi connectivity index (χ2n) is 3.09. The van der Waals surface area contributed by atoms with Gasteiger partial charge in [-0.05, 0) is 17.7 Å². The van der Waals surface area contributed by atoms with Crippen molar-refractivity contribution in [3.05, 3.63) is 23.3 Å². The van der Waals surface area contributed by atoms with Gasteiger partial charge >= 0.3 is 0 Å². The molecule has 0 unspecified atom stereocenters. The average molecular weight is 191 g/mol. The monoisotopic (exact) mass is 191 g/mol. The molecule has 1 aromatic carbocycles. The molecule has 4 nitrogen and oxygen atoms in total. The summed E-state index contributed by atoms with van der Waals surface area (Å²) in [6, 6.07) is 3.37. The van der Waals surface area contributed by atoms with E-state index in [2.05, 4.69) is 5.32 Å². The first-order chi connectivity index (χ1) is 6.74. The van der Waals surface area contributed by atoms with Crippen LogP contribution in [0.2, 0.25) is 0 Å². The molecule has 0 bridgehead atoms. The number of methoxy groups -OCH3 is 1. The molecule has 0 spiro atoms. The van der Waals surface area contributed by atoms with E-state index in [0.717, 1.165) is 5.56 Å². The molecule has 0 atom stereocenters. The molecule has 0 radical (unpaired) electrons. The van der Waals surface area contributed by atoms with Gasteiger partial charge in [-0.1, -0.05) is 0 Å². The highest BCUT2D eigenvalue weighted by atomic mass is 16.5. The van der Waals surface area contributed by atoms with E-state index in [0.29, 0.717) is 29.7 Å². The second-order valence-corrected chi connectivity index (χ2v) is 3.09. The smallest absolute Gasteiger partial charge is 0.228 e. The fourth-order valence-corrected chi connectivity index (χ4v) is 1.56. The molecule has 1 aliphatic rings. The minimum atomic E-state index is -0.0867. The van der Waals surface area contributed by atoms with Gasteiger partial charge in [0.25, 0.3) is 0 Å². The van der Waals surface area contributed by atoms with Crippen LogP contribution in [-0.2, 0) is 11.2 Å². The van der Waals surface area contributed by atoms with Gasteiger partial charge in [-0.3, -0.25) is 9.59 Å². The zero-order chi connectivity index (χ0) is 10.1. The van der Waals surface area contributed by atoms with Gasteiger partial charge < -0.3 is 10.1 Å². The number of hydrogen-bond donors (Lipinski definition) is 1. The van der Waals surface area contributed by atoms with Crippen LogP contribution in [0.1, 0.15) is 15.9 Å². The summed E-state index contributed by atoms with van der Waals surface area (Å²) in [5, 5.41) is 2.64. The van der Waals surface area contributed by atoms with Crippen LogP contribution in [-0.4, -0.2) is 19.3 Å². The van der Waals surface area contributed by atoms with E-state index in [1.807, 2.05) is 0 Å². The molecule has 72 valence electrons. The van der Waals surface area contributed by atoms with E-state index >= 15 is 0 Å². The highest BCUT2D eigenvalue weighted by molar-refractivity contribution is 6.04. The van der Waals surface area contributed by atoms with Gasteiger partial charge in [0.15, 0.2) is 6.29 Å². The lowest BCUT2D eigenvalue weighted by atomic mass is 10.1. The number of carbonyl (C=O) groups excluding carboxylic acids is 2. The fraction of sp³-hybridized carbons (Fsp3) is 0.200. The molecule has 0 fully saturated rings. The van der Waals surface area contributed by atoms with Gasteiger partial charge in [0, 0.05) is 5.56 Å². The zero-order valence-electron chi connectivity index (χ0n) is 7.66. The predicted molar refractivity (Wildman–Crippen MR) is 50.7 cm³/mol. The number of ether oxygens (including phenoxy) is 1. The summed E-state index contributed by atoms with van der Waals surface area (Å²) in [5.41, 5.74) is 1.90. The predicted octanol–water partition coefficient (Wildman–Crippen LogP) is 1.00. The van der Waals surface area contributed by atoms with Crippen molar-refractivity contribution in [3.63, 3.8) is 0 Å². The third-order valence-electron chi connectivity index (χ3n) is 2.20. The Morgan fingerprint density at radius 1 is 1.50 bits per heavy atom. The number of aldehydes is 1. The van der Waals surface area contributed by atoms with E-state index < -0.39 is 0 Å². The van der Waals surface area contributed by atoms with Gasteiger partial charge in [0.2, 0.25) is 5.91 Å². The van der Waals surface area contributed by atoms with Crippen molar-refractivity contribution in [3.8, 4) is 5.75 Å². The molecule has 1 heterocycles. The minimum Gasteiger partial charge on any atom is -0.497 e. The van der Waals surface area contributed by atoms with Crippen LogP contribution in [0.25, 0.3) is 0 Å². The SMILES string of the molecule is COc1cc(C=O)c2c(c1)CC(=O)N2. The Hall–Kier alpha value is -1.84. The van der Waals surface area contributed by atoms with Crippen molar-refractivity contribution in [1.82, 2.24) is 0 Å². The summed E-state index contributed by atoms with van der Waals surface area (Å²) in [4.78, 5) is 21.8. The third kappa shape index (κ3) is 1.25. The van der Waals surface area contributed by atoms with E-state index in [1.165, 1.54) is 7.11 Å². The molecule has 0 saturated carbocycles. The van der Waals surface area contributed by atoms with Crippen LogP contribution >= 0.6 is 0 Å². The normalized spacial score (nSPS) is 13.4. The molecule has 1 amide bonds. The molecule has 0 aromatic heterocycles. The van der Waals surface area contributed by atoms with Crippen molar-refractivity contribution in [2.24, 2.45) is 0 Å². The van der Waals surface area contributed by atoms with Crippen LogP contribution in [0.4, 0.5) is 5.69 Å². The van der Waals surface area contributed by atoms with Gasteiger partial charge in [-0.15, -0.1) is 0 Å². The Kier molecular flexibility index (Phi) is 1.96. The lowest BCUT2D eigenvalue weighted by molar-refractivity contribution is -0.115. The van der Waals surface area contributed by atoms with Gasteiger partial charge in [0.05, 0.1) is 19.2 Å². The maximum absolute atomic E-state index is 11.1. The molecule has 2 rings (SSSR count). The Bertz CT molecular complexity index is 412. The highest BCUT2D eigenvalue weighted by Crippen LogP contribution is 2.30.